The maximum absolute atomic E-state index is 15.9. The van der Waals surface area contributed by atoms with Crippen molar-refractivity contribution in [2.75, 3.05) is 13.2 Å². The van der Waals surface area contributed by atoms with Crippen molar-refractivity contribution in [3.05, 3.63) is 63.4 Å². The van der Waals surface area contributed by atoms with Gasteiger partial charge in [-0.25, -0.2) is 13.9 Å². The van der Waals surface area contributed by atoms with Gasteiger partial charge in [-0.15, -0.1) is 0 Å². The molecule has 1 aliphatic rings. The maximum Gasteiger partial charge on any atom is 0.462 e. The van der Waals surface area contributed by atoms with Gasteiger partial charge in [-0.1, -0.05) is 45.4 Å². The predicted octanol–water partition coefficient (Wildman–Crippen LogP) is 2.54. The summed E-state index contributed by atoms with van der Waals surface area (Å²) in [5, 5.41) is 20.5. The second-order valence-electron chi connectivity index (χ2n) is 9.34. The van der Waals surface area contributed by atoms with Crippen LogP contribution < -0.4 is 15.8 Å². The average Bonchev–Trinajstić information content (AvgIpc) is 3.10. The highest BCUT2D eigenvalue weighted by atomic mass is 31.2. The number of halogens is 1. The molecule has 210 valence electrons. The highest BCUT2D eigenvalue weighted by Crippen LogP contribution is 2.54. The van der Waals surface area contributed by atoms with E-state index in [-0.39, 0.29) is 18.2 Å². The summed E-state index contributed by atoms with van der Waals surface area (Å²) in [6.07, 6.45) is -1.40. The van der Waals surface area contributed by atoms with Gasteiger partial charge >= 0.3 is 25.4 Å². The van der Waals surface area contributed by atoms with Gasteiger partial charge in [0.25, 0.3) is 5.56 Å². The number of ether oxygens (including phenoxy) is 1. The van der Waals surface area contributed by atoms with Gasteiger partial charge < -0.3 is 19.5 Å². The average molecular weight is 558 g/mol. The van der Waals surface area contributed by atoms with E-state index >= 15 is 4.39 Å². The third-order valence-corrected chi connectivity index (χ3v) is 8.66. The molecule has 1 aromatic carbocycles. The van der Waals surface area contributed by atoms with Crippen LogP contribution in [-0.2, 0) is 24.6 Å². The van der Waals surface area contributed by atoms with Gasteiger partial charge in [-0.05, 0) is 25.0 Å². The van der Waals surface area contributed by atoms with Crippen LogP contribution in [0.25, 0.3) is 0 Å². The van der Waals surface area contributed by atoms with Gasteiger partial charge in [-0.2, -0.15) is 9.06 Å². The van der Waals surface area contributed by atoms with Crippen molar-refractivity contribution in [1.29, 1.82) is 0 Å². The molecule has 0 radical (unpaired) electrons. The lowest BCUT2D eigenvalue weighted by atomic mass is 10.0. The first-order chi connectivity index (χ1) is 17.8. The number of carboxylic acid groups (broad SMARTS) is 1. The van der Waals surface area contributed by atoms with E-state index in [9.17, 15) is 29.2 Å². The summed E-state index contributed by atoms with van der Waals surface area (Å²) < 4.78 is 48.6. The summed E-state index contributed by atoms with van der Waals surface area (Å²) in [5.41, 5.74) is -1.83. The Morgan fingerprint density at radius 3 is 2.53 bits per heavy atom. The largest absolute Gasteiger partial charge is 0.480 e. The Hall–Kier alpha value is -2.83. The van der Waals surface area contributed by atoms with Crippen LogP contribution in [0.15, 0.2) is 52.2 Å². The zero-order valence-corrected chi connectivity index (χ0v) is 22.4. The van der Waals surface area contributed by atoms with E-state index in [1.54, 1.807) is 18.2 Å². The van der Waals surface area contributed by atoms with Crippen LogP contribution in [-0.4, -0.2) is 61.8 Å². The third-order valence-electron chi connectivity index (χ3n) is 6.60. The Bertz CT molecular complexity index is 1270. The monoisotopic (exact) mass is 557 g/mol. The second kappa shape index (κ2) is 11.9. The fraction of sp³-hybridized carbons (Fsp3) is 0.542. The normalized spacial score (nSPS) is 26.6. The zero-order valence-electron chi connectivity index (χ0n) is 21.5. The summed E-state index contributed by atoms with van der Waals surface area (Å²) >= 11 is 0. The van der Waals surface area contributed by atoms with Crippen molar-refractivity contribution in [3.63, 3.8) is 0 Å². The molecule has 1 fully saturated rings. The van der Waals surface area contributed by atoms with E-state index in [0.717, 1.165) is 16.9 Å². The fourth-order valence-corrected chi connectivity index (χ4v) is 6.00. The number of nitrogens with zero attached hydrogens (tertiary/aromatic N) is 2. The first-order valence-corrected chi connectivity index (χ1v) is 13.7. The molecule has 1 aromatic heterocycles. The minimum atomic E-state index is -4.43. The van der Waals surface area contributed by atoms with Crippen molar-refractivity contribution in [2.24, 2.45) is 11.8 Å². The Morgan fingerprint density at radius 1 is 1.29 bits per heavy atom. The van der Waals surface area contributed by atoms with Gasteiger partial charge in [0.2, 0.25) is 0 Å². The number of rotatable bonds is 12. The molecule has 2 aromatic rings. The summed E-state index contributed by atoms with van der Waals surface area (Å²) in [6, 6.07) is 7.64. The lowest BCUT2D eigenvalue weighted by Gasteiger charge is -2.34. The molecule has 0 bridgehead atoms. The number of aliphatic hydroxyl groups is 1. The number of carboxylic acids is 1. The quantitative estimate of drug-likeness (QED) is 0.331. The summed E-state index contributed by atoms with van der Waals surface area (Å²) in [7, 11) is -4.43. The molecule has 2 heterocycles. The highest BCUT2D eigenvalue weighted by molar-refractivity contribution is 7.51. The number of aliphatic hydroxyl groups excluding tert-OH is 1. The number of benzene rings is 1. The number of nitrogens with one attached hydrogen (secondary N) is 1. The topological polar surface area (TPSA) is 160 Å². The van der Waals surface area contributed by atoms with Crippen molar-refractivity contribution in [3.8, 4) is 5.75 Å². The predicted molar refractivity (Wildman–Crippen MR) is 134 cm³/mol. The molecule has 38 heavy (non-hydrogen) atoms. The molecule has 1 aliphatic heterocycles. The highest BCUT2D eigenvalue weighted by Gasteiger charge is 2.56. The number of aromatic nitrogens is 2. The van der Waals surface area contributed by atoms with E-state index in [0.29, 0.717) is 11.0 Å². The Morgan fingerprint density at radius 2 is 1.95 bits per heavy atom. The van der Waals surface area contributed by atoms with Crippen molar-refractivity contribution in [1.82, 2.24) is 14.2 Å². The number of hydrogen-bond donors (Lipinski definition) is 3. The van der Waals surface area contributed by atoms with Crippen molar-refractivity contribution in [2.45, 2.75) is 58.3 Å². The van der Waals surface area contributed by atoms with E-state index in [4.69, 9.17) is 13.8 Å². The number of carbonyl (C=O) groups is 1. The standard InChI is InChI=1S/C24H33FN3O9P/c1-5-15(2)13-28(17(4)22(31)32)38(34,37-18-9-7-6-8-10-18)35-14-19-21(30)16(3)24(25,36-19)27-12-11-20(29)26-23(27)33/h6-12,15-17,19,21,30H,5,13-14H2,1-4H3,(H,31,32)(H,26,29,33)/t15?,16-,17?,19+,21-,24-,38+/m0/s1. The number of aliphatic carboxylic acids is 1. The minimum Gasteiger partial charge on any atom is -0.480 e. The van der Waals surface area contributed by atoms with Crippen molar-refractivity contribution < 1.29 is 37.7 Å². The molecule has 3 N–H and O–H groups in total. The van der Waals surface area contributed by atoms with Crippen LogP contribution in [0.5, 0.6) is 5.75 Å². The Labute approximate surface area is 218 Å². The molecule has 1 saturated heterocycles. The van der Waals surface area contributed by atoms with Crippen LogP contribution in [0.1, 0.15) is 34.1 Å². The van der Waals surface area contributed by atoms with E-state index in [2.05, 4.69) is 0 Å². The van der Waals surface area contributed by atoms with Crippen LogP contribution in [0, 0.1) is 11.8 Å². The SMILES string of the molecule is CCC(C)CN(C(C)C(=O)O)[P@@](=O)(OC[C@H]1O[C@@](F)(n2ccc(=O)[nH]c2=O)[C@@H](C)[C@@H]1O)Oc1ccccc1. The molecule has 12 nitrogen and oxygen atoms in total. The first kappa shape index (κ1) is 29.7. The molecular weight excluding hydrogens is 524 g/mol. The lowest BCUT2D eigenvalue weighted by molar-refractivity contribution is -0.221. The van der Waals surface area contributed by atoms with Crippen LogP contribution >= 0.6 is 7.75 Å². The lowest BCUT2D eigenvalue weighted by Crippen LogP contribution is -2.44. The maximum atomic E-state index is 15.9. The van der Waals surface area contributed by atoms with Crippen molar-refractivity contribution >= 4 is 13.7 Å². The molecule has 3 rings (SSSR count). The van der Waals surface area contributed by atoms with E-state index in [1.807, 2.05) is 18.8 Å². The van der Waals surface area contributed by atoms with Crippen LogP contribution in [0.2, 0.25) is 0 Å². The molecule has 2 unspecified atom stereocenters. The van der Waals surface area contributed by atoms with E-state index in [1.165, 1.54) is 26.0 Å². The molecule has 0 aliphatic carbocycles. The summed E-state index contributed by atoms with van der Waals surface area (Å²) in [5.74, 6) is -5.37. The molecule has 0 amide bonds. The number of alkyl halides is 1. The third kappa shape index (κ3) is 6.24. The smallest absolute Gasteiger partial charge is 0.462 e. The summed E-state index contributed by atoms with van der Waals surface area (Å²) in [6.45, 7) is 5.75. The zero-order chi connectivity index (χ0) is 28.3. The fourth-order valence-electron chi connectivity index (χ4n) is 3.97. The number of H-pyrrole nitrogens is 1. The number of para-hydroxylation sites is 1. The minimum absolute atomic E-state index is 0.0401. The van der Waals surface area contributed by atoms with Crippen LogP contribution in [0.3, 0.4) is 0 Å². The molecule has 7 atom stereocenters. The number of aromatic amines is 1. The molecule has 14 heteroatoms. The van der Waals surface area contributed by atoms with Crippen LogP contribution in [0.4, 0.5) is 4.39 Å². The Balaban J connectivity index is 1.93. The van der Waals surface area contributed by atoms with Gasteiger partial charge in [0.05, 0.1) is 18.6 Å². The number of hydrogen-bond acceptors (Lipinski definition) is 8. The van der Waals surface area contributed by atoms with E-state index < -0.39 is 61.7 Å². The molecule has 0 saturated carbocycles. The first-order valence-electron chi connectivity index (χ1n) is 12.2. The van der Waals surface area contributed by atoms with Gasteiger partial charge in [0.1, 0.15) is 17.9 Å². The van der Waals surface area contributed by atoms with Gasteiger partial charge in [-0.3, -0.25) is 19.1 Å². The Kier molecular flexibility index (Phi) is 9.32. The van der Waals surface area contributed by atoms with Gasteiger partial charge in [0, 0.05) is 18.8 Å². The molecular formula is C24H33FN3O9P. The second-order valence-corrected chi connectivity index (χ2v) is 11.2. The molecule has 0 spiro atoms. The van der Waals surface area contributed by atoms with Gasteiger partial charge in [0.15, 0.2) is 0 Å². The summed E-state index contributed by atoms with van der Waals surface area (Å²) in [4.78, 5) is 37.5.